The highest BCUT2D eigenvalue weighted by atomic mass is 16.5. The van der Waals surface area contributed by atoms with Crippen LogP contribution in [0, 0.1) is 5.92 Å². The van der Waals surface area contributed by atoms with E-state index in [0.29, 0.717) is 19.4 Å². The lowest BCUT2D eigenvalue weighted by molar-refractivity contribution is -0.143. The molecule has 0 fully saturated rings. The smallest absolute Gasteiger partial charge is 0.326 e. The number of rotatable bonds is 9. The first kappa shape index (κ1) is 19.2. The summed E-state index contributed by atoms with van der Waals surface area (Å²) in [6, 6.07) is -1.53. The molecule has 0 aliphatic rings. The molecule has 0 aliphatic carbocycles. The zero-order chi connectivity index (χ0) is 16.4. The predicted molar refractivity (Wildman–Crippen MR) is 77.9 cm³/mol. The Labute approximate surface area is 125 Å². The number of hydrogen-bond acceptors (Lipinski definition) is 4. The van der Waals surface area contributed by atoms with Crippen LogP contribution in [0.25, 0.3) is 0 Å². The van der Waals surface area contributed by atoms with Crippen molar-refractivity contribution in [3.63, 3.8) is 0 Å². The van der Waals surface area contributed by atoms with Crippen LogP contribution in [-0.2, 0) is 14.3 Å². The van der Waals surface area contributed by atoms with Gasteiger partial charge in [0, 0.05) is 6.54 Å². The van der Waals surface area contributed by atoms with Crippen LogP contribution >= 0.6 is 0 Å². The largest absolute Gasteiger partial charge is 0.480 e. The number of urea groups is 1. The van der Waals surface area contributed by atoms with Crippen LogP contribution in [0.3, 0.4) is 0 Å². The Kier molecular flexibility index (Phi) is 9.16. The first-order chi connectivity index (χ1) is 9.87. The number of carboxylic acids is 1. The second-order valence-electron chi connectivity index (χ2n) is 4.88. The van der Waals surface area contributed by atoms with Gasteiger partial charge in [0.1, 0.15) is 12.6 Å². The van der Waals surface area contributed by atoms with E-state index >= 15 is 0 Å². The minimum Gasteiger partial charge on any atom is -0.480 e. The summed E-state index contributed by atoms with van der Waals surface area (Å²) < 4.78 is 4.81. The van der Waals surface area contributed by atoms with Gasteiger partial charge in [-0.2, -0.15) is 0 Å². The van der Waals surface area contributed by atoms with Crippen LogP contribution in [0.4, 0.5) is 4.79 Å². The van der Waals surface area contributed by atoms with Gasteiger partial charge in [0.05, 0.1) is 6.61 Å². The number of nitrogens with zero attached hydrogens (tertiary/aromatic N) is 1. The number of ether oxygens (including phenoxy) is 1. The number of carbonyl (C=O) groups is 3. The Balaban J connectivity index is 4.78. The van der Waals surface area contributed by atoms with E-state index in [0.717, 1.165) is 0 Å². The first-order valence-electron chi connectivity index (χ1n) is 7.31. The molecule has 0 aromatic heterocycles. The normalized spacial score (nSPS) is 13.1. The van der Waals surface area contributed by atoms with Gasteiger partial charge in [-0.1, -0.05) is 27.2 Å². The summed E-state index contributed by atoms with van der Waals surface area (Å²) in [6.45, 7) is 7.59. The molecule has 7 nitrogen and oxygen atoms in total. The zero-order valence-corrected chi connectivity index (χ0v) is 13.2. The van der Waals surface area contributed by atoms with E-state index < -0.39 is 24.0 Å². The lowest BCUT2D eigenvalue weighted by Crippen LogP contribution is -2.51. The maximum atomic E-state index is 12.2. The van der Waals surface area contributed by atoms with Gasteiger partial charge in [0.15, 0.2) is 0 Å². The average molecular weight is 302 g/mol. The Morgan fingerprint density at radius 2 is 1.86 bits per heavy atom. The monoisotopic (exact) mass is 302 g/mol. The molecule has 0 bridgehead atoms. The van der Waals surface area contributed by atoms with E-state index in [9.17, 15) is 19.5 Å². The Bertz CT molecular complexity index is 359. The number of amides is 2. The molecule has 0 spiro atoms. The molecule has 2 atom stereocenters. The second kappa shape index (κ2) is 10.0. The van der Waals surface area contributed by atoms with Crippen molar-refractivity contribution in [1.29, 1.82) is 0 Å². The molecule has 0 rings (SSSR count). The second-order valence-corrected chi connectivity index (χ2v) is 4.88. The quantitative estimate of drug-likeness (QED) is 0.629. The molecular weight excluding hydrogens is 276 g/mol. The van der Waals surface area contributed by atoms with Crippen molar-refractivity contribution in [3.8, 4) is 0 Å². The van der Waals surface area contributed by atoms with Crippen molar-refractivity contribution >= 4 is 18.0 Å². The van der Waals surface area contributed by atoms with Gasteiger partial charge < -0.3 is 20.1 Å². The number of aliphatic carboxylic acids is 1. The minimum absolute atomic E-state index is 0.180. The van der Waals surface area contributed by atoms with Crippen molar-refractivity contribution in [2.24, 2.45) is 5.92 Å². The van der Waals surface area contributed by atoms with E-state index in [2.05, 4.69) is 5.32 Å². The third-order valence-corrected chi connectivity index (χ3v) is 3.16. The number of carboxylic acid groups (broad SMARTS) is 1. The molecule has 0 radical (unpaired) electrons. The van der Waals surface area contributed by atoms with Crippen LogP contribution in [0.15, 0.2) is 0 Å². The third kappa shape index (κ3) is 6.97. The lowest BCUT2D eigenvalue weighted by Gasteiger charge is -2.26. The third-order valence-electron chi connectivity index (χ3n) is 3.16. The van der Waals surface area contributed by atoms with Gasteiger partial charge in [0.25, 0.3) is 0 Å². The molecule has 2 amide bonds. The fourth-order valence-electron chi connectivity index (χ4n) is 1.79. The molecular formula is C14H26N2O5. The molecule has 2 N–H and O–H groups in total. The molecule has 1 unspecified atom stereocenters. The summed E-state index contributed by atoms with van der Waals surface area (Å²) in [5.41, 5.74) is 0. The summed E-state index contributed by atoms with van der Waals surface area (Å²) in [5.74, 6) is -1.78. The fourth-order valence-corrected chi connectivity index (χ4v) is 1.79. The molecule has 0 aliphatic heterocycles. The van der Waals surface area contributed by atoms with E-state index in [1.165, 1.54) is 4.90 Å². The number of carbonyl (C=O) groups excluding carboxylic acids is 2. The van der Waals surface area contributed by atoms with Gasteiger partial charge in [-0.15, -0.1) is 0 Å². The van der Waals surface area contributed by atoms with E-state index in [1.807, 2.05) is 13.8 Å². The molecule has 0 aromatic rings. The summed E-state index contributed by atoms with van der Waals surface area (Å²) in [4.78, 5) is 36.1. The van der Waals surface area contributed by atoms with E-state index in [1.54, 1.807) is 13.8 Å². The minimum atomic E-state index is -1.08. The van der Waals surface area contributed by atoms with Gasteiger partial charge in [0.2, 0.25) is 0 Å². The maximum Gasteiger partial charge on any atom is 0.326 e. The van der Waals surface area contributed by atoms with Gasteiger partial charge in [-0.05, 0) is 19.3 Å². The summed E-state index contributed by atoms with van der Waals surface area (Å²) in [5, 5.41) is 11.7. The predicted octanol–water partition coefficient (Wildman–Crippen LogP) is 1.47. The van der Waals surface area contributed by atoms with Crippen LogP contribution < -0.4 is 5.32 Å². The number of esters is 1. The highest BCUT2D eigenvalue weighted by molar-refractivity contribution is 5.85. The van der Waals surface area contributed by atoms with Crippen molar-refractivity contribution in [2.75, 3.05) is 19.7 Å². The Hall–Kier alpha value is -1.79. The molecule has 7 heteroatoms. The standard InChI is InChI=1S/C14H26N2O5/c1-5-8-16(9-11(17)21-7-3)14(20)15-12(13(18)19)10(4)6-2/h10,12H,5-9H2,1-4H3,(H,15,20)(H,18,19)/t10?,12-/m0/s1. The topological polar surface area (TPSA) is 95.9 Å². The summed E-state index contributed by atoms with van der Waals surface area (Å²) in [6.07, 6.45) is 1.29. The highest BCUT2D eigenvalue weighted by Crippen LogP contribution is 2.09. The SMILES string of the molecule is CCCN(CC(=O)OCC)C(=O)N[C@H](C(=O)O)C(C)CC. The first-order valence-corrected chi connectivity index (χ1v) is 7.31. The van der Waals surface area contributed by atoms with Crippen molar-refractivity contribution in [3.05, 3.63) is 0 Å². The molecule has 0 saturated heterocycles. The lowest BCUT2D eigenvalue weighted by atomic mass is 9.99. The fraction of sp³-hybridized carbons (Fsp3) is 0.786. The summed E-state index contributed by atoms with van der Waals surface area (Å²) >= 11 is 0. The Morgan fingerprint density at radius 1 is 1.24 bits per heavy atom. The highest BCUT2D eigenvalue weighted by Gasteiger charge is 2.28. The van der Waals surface area contributed by atoms with Crippen LogP contribution in [0.1, 0.15) is 40.5 Å². The molecule has 0 heterocycles. The molecule has 0 aromatic carbocycles. The summed E-state index contributed by atoms with van der Waals surface area (Å²) in [7, 11) is 0. The van der Waals surface area contributed by atoms with Gasteiger partial charge in [-0.25, -0.2) is 9.59 Å². The average Bonchev–Trinajstić information content (AvgIpc) is 2.43. The van der Waals surface area contributed by atoms with Crippen LogP contribution in [-0.4, -0.2) is 53.7 Å². The number of nitrogens with one attached hydrogen (secondary N) is 1. The van der Waals surface area contributed by atoms with Gasteiger partial charge in [-0.3, -0.25) is 4.79 Å². The van der Waals surface area contributed by atoms with E-state index in [4.69, 9.17) is 4.74 Å². The van der Waals surface area contributed by atoms with Crippen molar-refractivity contribution in [2.45, 2.75) is 46.6 Å². The molecule has 0 saturated carbocycles. The molecule has 21 heavy (non-hydrogen) atoms. The van der Waals surface area contributed by atoms with E-state index in [-0.39, 0.29) is 19.1 Å². The van der Waals surface area contributed by atoms with Crippen molar-refractivity contribution < 1.29 is 24.2 Å². The zero-order valence-electron chi connectivity index (χ0n) is 13.2. The Morgan fingerprint density at radius 3 is 2.29 bits per heavy atom. The van der Waals surface area contributed by atoms with Gasteiger partial charge >= 0.3 is 18.0 Å². The van der Waals surface area contributed by atoms with Crippen LogP contribution in [0.2, 0.25) is 0 Å². The maximum absolute atomic E-state index is 12.2. The van der Waals surface area contributed by atoms with Crippen molar-refractivity contribution in [1.82, 2.24) is 10.2 Å². The number of hydrogen-bond donors (Lipinski definition) is 2. The van der Waals surface area contributed by atoms with Crippen LogP contribution in [0.5, 0.6) is 0 Å². The molecule has 122 valence electrons.